The highest BCUT2D eigenvalue weighted by molar-refractivity contribution is 5.85. The van der Waals surface area contributed by atoms with E-state index in [1.807, 2.05) is 13.8 Å². The average molecular weight is 258 g/mol. The normalized spacial score (nSPS) is 9.42. The largest absolute Gasteiger partial charge is 0.0683 e. The van der Waals surface area contributed by atoms with Crippen molar-refractivity contribution >= 4 is 10.8 Å². The van der Waals surface area contributed by atoms with Crippen LogP contribution in [0.15, 0.2) is 42.5 Å². The van der Waals surface area contributed by atoms with Crippen molar-refractivity contribution in [3.05, 3.63) is 48.0 Å². The van der Waals surface area contributed by atoms with Crippen LogP contribution in [0.2, 0.25) is 0 Å². The molecule has 106 valence electrons. The van der Waals surface area contributed by atoms with Crippen molar-refractivity contribution in [2.45, 2.75) is 54.4 Å². The van der Waals surface area contributed by atoms with Crippen LogP contribution in [0.3, 0.4) is 0 Å². The van der Waals surface area contributed by atoms with Crippen LogP contribution in [0.4, 0.5) is 0 Å². The Morgan fingerprint density at radius 2 is 1.37 bits per heavy atom. The summed E-state index contributed by atoms with van der Waals surface area (Å²) in [5.74, 6) is 0.935. The van der Waals surface area contributed by atoms with Crippen LogP contribution >= 0.6 is 0 Å². The summed E-state index contributed by atoms with van der Waals surface area (Å²) in [5, 5.41) is 2.68. The van der Waals surface area contributed by atoms with E-state index in [2.05, 4.69) is 70.2 Å². The lowest BCUT2D eigenvalue weighted by atomic mass is 10.1. The lowest BCUT2D eigenvalue weighted by Gasteiger charge is -1.98. The fourth-order valence-electron chi connectivity index (χ4n) is 1.68. The molecule has 2 aromatic rings. The minimum absolute atomic E-state index is 0.935. The molecule has 0 radical (unpaired) electrons. The quantitative estimate of drug-likeness (QED) is 0.568. The number of fused-ring (bicyclic) bond motifs is 1. The zero-order valence-corrected chi connectivity index (χ0v) is 13.5. The highest BCUT2D eigenvalue weighted by atomic mass is 14.0. The lowest BCUT2D eigenvalue weighted by molar-refractivity contribution is 0.544. The highest BCUT2D eigenvalue weighted by Crippen LogP contribution is 2.16. The van der Waals surface area contributed by atoms with Gasteiger partial charge in [-0.05, 0) is 29.2 Å². The highest BCUT2D eigenvalue weighted by Gasteiger charge is 1.92. The summed E-state index contributed by atoms with van der Waals surface area (Å²) < 4.78 is 0. The molecule has 0 spiro atoms. The summed E-state index contributed by atoms with van der Waals surface area (Å²) >= 11 is 0. The molecule has 0 aliphatic carbocycles. The molecule has 0 aromatic heterocycles. The Kier molecular flexibility index (Phi) is 9.88. The van der Waals surface area contributed by atoms with Crippen molar-refractivity contribution in [1.82, 2.24) is 0 Å². The molecule has 0 nitrogen and oxygen atoms in total. The van der Waals surface area contributed by atoms with Crippen LogP contribution in [0.25, 0.3) is 10.8 Å². The predicted molar refractivity (Wildman–Crippen MR) is 89.8 cm³/mol. The lowest BCUT2D eigenvalue weighted by Crippen LogP contribution is -1.85. The molecule has 19 heavy (non-hydrogen) atoms. The van der Waals surface area contributed by atoms with Crippen LogP contribution in [0, 0.1) is 12.8 Å². The first kappa shape index (κ1) is 17.7. The van der Waals surface area contributed by atoms with Crippen molar-refractivity contribution in [2.75, 3.05) is 0 Å². The van der Waals surface area contributed by atoms with Gasteiger partial charge in [-0.2, -0.15) is 0 Å². The van der Waals surface area contributed by atoms with E-state index in [-0.39, 0.29) is 0 Å². The fourth-order valence-corrected chi connectivity index (χ4v) is 1.68. The Morgan fingerprint density at radius 1 is 0.842 bits per heavy atom. The molecule has 0 N–H and O–H groups in total. The summed E-state index contributed by atoms with van der Waals surface area (Å²) in [6, 6.07) is 14.8. The van der Waals surface area contributed by atoms with Gasteiger partial charge in [-0.3, -0.25) is 0 Å². The van der Waals surface area contributed by atoms with Crippen LogP contribution in [-0.4, -0.2) is 0 Å². The average Bonchev–Trinajstić information content (AvgIpc) is 2.49. The van der Waals surface area contributed by atoms with Gasteiger partial charge < -0.3 is 0 Å². The first-order chi connectivity index (χ1) is 9.19. The minimum Gasteiger partial charge on any atom is -0.0683 e. The topological polar surface area (TPSA) is 0 Å². The molecule has 0 bridgehead atoms. The van der Waals surface area contributed by atoms with Crippen molar-refractivity contribution in [3.63, 3.8) is 0 Å². The molecule has 0 aliphatic heterocycles. The standard InChI is InChI=1S/C11H10.C6H14.C2H6/c1-9-5-4-7-10-6-2-3-8-11(9)10;1-4-6(3)5-2;1-2/h2-8H,1H3;6H,4-5H2,1-3H3;1-2H3. The molecular formula is C19H30. The van der Waals surface area contributed by atoms with Crippen LogP contribution in [0.1, 0.15) is 53.0 Å². The van der Waals surface area contributed by atoms with Gasteiger partial charge in [-0.25, -0.2) is 0 Å². The third kappa shape index (κ3) is 6.42. The third-order valence-electron chi connectivity index (χ3n) is 3.40. The molecule has 0 saturated heterocycles. The van der Waals surface area contributed by atoms with Gasteiger partial charge in [0.25, 0.3) is 0 Å². The second-order valence-corrected chi connectivity index (χ2v) is 4.72. The maximum Gasteiger partial charge on any atom is -0.0155 e. The maximum atomic E-state index is 2.28. The van der Waals surface area contributed by atoms with E-state index in [0.717, 1.165) is 5.92 Å². The summed E-state index contributed by atoms with van der Waals surface area (Å²) in [4.78, 5) is 0. The predicted octanol–water partition coefficient (Wildman–Crippen LogP) is 6.62. The van der Waals surface area contributed by atoms with Gasteiger partial charge in [0.2, 0.25) is 0 Å². The van der Waals surface area contributed by atoms with E-state index >= 15 is 0 Å². The van der Waals surface area contributed by atoms with Crippen molar-refractivity contribution in [3.8, 4) is 0 Å². The Morgan fingerprint density at radius 3 is 1.84 bits per heavy atom. The number of aryl methyl sites for hydroxylation is 1. The molecular weight excluding hydrogens is 228 g/mol. The van der Waals surface area contributed by atoms with Crippen LogP contribution in [0.5, 0.6) is 0 Å². The molecule has 2 aromatic carbocycles. The van der Waals surface area contributed by atoms with Crippen LogP contribution < -0.4 is 0 Å². The number of benzene rings is 2. The van der Waals surface area contributed by atoms with Crippen molar-refractivity contribution in [2.24, 2.45) is 5.92 Å². The zero-order chi connectivity index (χ0) is 14.7. The fraction of sp³-hybridized carbons (Fsp3) is 0.474. The van der Waals surface area contributed by atoms with Gasteiger partial charge in [-0.15, -0.1) is 0 Å². The smallest absolute Gasteiger partial charge is 0.0155 e. The molecule has 0 unspecified atom stereocenters. The first-order valence-electron chi connectivity index (χ1n) is 7.63. The summed E-state index contributed by atoms with van der Waals surface area (Å²) in [6.07, 6.45) is 2.66. The first-order valence-corrected chi connectivity index (χ1v) is 7.63. The monoisotopic (exact) mass is 258 g/mol. The minimum atomic E-state index is 0.935. The van der Waals surface area contributed by atoms with E-state index in [9.17, 15) is 0 Å². The zero-order valence-electron chi connectivity index (χ0n) is 13.5. The second-order valence-electron chi connectivity index (χ2n) is 4.72. The molecule has 0 saturated carbocycles. The van der Waals surface area contributed by atoms with E-state index in [1.54, 1.807) is 0 Å². The van der Waals surface area contributed by atoms with Gasteiger partial charge in [0.05, 0.1) is 0 Å². The van der Waals surface area contributed by atoms with Gasteiger partial charge >= 0.3 is 0 Å². The van der Waals surface area contributed by atoms with Crippen molar-refractivity contribution < 1.29 is 0 Å². The molecule has 0 heterocycles. The van der Waals surface area contributed by atoms with Crippen LogP contribution in [-0.2, 0) is 0 Å². The Balaban J connectivity index is 0.000000350. The van der Waals surface area contributed by atoms with E-state index in [0.29, 0.717) is 0 Å². The van der Waals surface area contributed by atoms with Gasteiger partial charge in [0.15, 0.2) is 0 Å². The molecule has 0 amide bonds. The Bertz CT molecular complexity index is 433. The van der Waals surface area contributed by atoms with E-state index in [4.69, 9.17) is 0 Å². The third-order valence-corrected chi connectivity index (χ3v) is 3.40. The van der Waals surface area contributed by atoms with E-state index < -0.39 is 0 Å². The van der Waals surface area contributed by atoms with Gasteiger partial charge in [0, 0.05) is 0 Å². The number of hydrogen-bond acceptors (Lipinski definition) is 0. The number of hydrogen-bond donors (Lipinski definition) is 0. The Hall–Kier alpha value is -1.30. The SMILES string of the molecule is CC.CCC(C)CC.Cc1cccc2ccccc12. The second kappa shape index (κ2) is 10.6. The Labute approximate surface area is 119 Å². The summed E-state index contributed by atoms with van der Waals surface area (Å²) in [6.45, 7) is 12.9. The summed E-state index contributed by atoms with van der Waals surface area (Å²) in [7, 11) is 0. The molecule has 0 aliphatic rings. The molecule has 0 fully saturated rings. The molecule has 0 atom stereocenters. The number of rotatable bonds is 2. The summed E-state index contributed by atoms with van der Waals surface area (Å²) in [5.41, 5.74) is 1.35. The van der Waals surface area contributed by atoms with E-state index in [1.165, 1.54) is 29.2 Å². The molecule has 0 heteroatoms. The van der Waals surface area contributed by atoms with Crippen molar-refractivity contribution in [1.29, 1.82) is 0 Å². The maximum absolute atomic E-state index is 2.28. The molecule has 2 rings (SSSR count). The van der Waals surface area contributed by atoms with Gasteiger partial charge in [0.1, 0.15) is 0 Å². The van der Waals surface area contributed by atoms with Gasteiger partial charge in [-0.1, -0.05) is 89.9 Å².